The number of rotatable bonds is 5. The van der Waals surface area contributed by atoms with E-state index >= 15 is 0 Å². The summed E-state index contributed by atoms with van der Waals surface area (Å²) in [4.78, 5) is 30.5. The normalized spacial score (nSPS) is 19.5. The van der Waals surface area contributed by atoms with Gasteiger partial charge in [-0.05, 0) is 24.3 Å². The summed E-state index contributed by atoms with van der Waals surface area (Å²) >= 11 is 0. The van der Waals surface area contributed by atoms with Crippen LogP contribution in [0.5, 0.6) is 11.5 Å². The molecule has 0 aliphatic carbocycles. The highest BCUT2D eigenvalue weighted by Crippen LogP contribution is 2.38. The minimum Gasteiger partial charge on any atom is -0.497 e. The number of imide groups is 1. The summed E-state index contributed by atoms with van der Waals surface area (Å²) in [7, 11) is 3.08. The Balaban J connectivity index is 1.83. The third kappa shape index (κ3) is 3.54. The first-order valence-electron chi connectivity index (χ1n) is 10.2. The highest BCUT2D eigenvalue weighted by Gasteiger charge is 2.43. The molecular weight excluding hydrogens is 380 g/mol. The van der Waals surface area contributed by atoms with Crippen molar-refractivity contribution in [2.45, 2.75) is 19.8 Å². The Morgan fingerprint density at radius 2 is 1.60 bits per heavy atom. The average Bonchev–Trinajstić information content (AvgIpc) is 3.03. The van der Waals surface area contributed by atoms with Gasteiger partial charge < -0.3 is 14.4 Å². The van der Waals surface area contributed by atoms with Crippen LogP contribution in [0.2, 0.25) is 0 Å². The van der Waals surface area contributed by atoms with Gasteiger partial charge in [0.2, 0.25) is 0 Å². The lowest BCUT2D eigenvalue weighted by molar-refractivity contribution is -0.120. The molecule has 1 unspecified atom stereocenters. The van der Waals surface area contributed by atoms with E-state index in [0.29, 0.717) is 34.4 Å². The van der Waals surface area contributed by atoms with Crippen LogP contribution in [0, 0.1) is 5.92 Å². The molecule has 1 atom stereocenters. The molecule has 30 heavy (non-hydrogen) atoms. The molecule has 2 aliphatic rings. The van der Waals surface area contributed by atoms with Crippen LogP contribution in [0.1, 0.15) is 25.3 Å². The van der Waals surface area contributed by atoms with Gasteiger partial charge in [-0.15, -0.1) is 0 Å². The first-order chi connectivity index (χ1) is 14.5. The van der Waals surface area contributed by atoms with Gasteiger partial charge in [-0.25, -0.2) is 4.90 Å². The van der Waals surface area contributed by atoms with E-state index in [1.165, 1.54) is 4.90 Å². The molecule has 156 valence electrons. The molecule has 2 heterocycles. The fourth-order valence-electron chi connectivity index (χ4n) is 4.23. The van der Waals surface area contributed by atoms with E-state index in [-0.39, 0.29) is 11.8 Å². The van der Waals surface area contributed by atoms with Crippen molar-refractivity contribution in [2.24, 2.45) is 5.92 Å². The lowest BCUT2D eigenvalue weighted by atomic mass is 9.98. The number of benzene rings is 2. The fraction of sp³-hybridized carbons (Fsp3) is 0.333. The van der Waals surface area contributed by atoms with Gasteiger partial charge >= 0.3 is 0 Å². The summed E-state index contributed by atoms with van der Waals surface area (Å²) in [6.07, 6.45) is 2.13. The van der Waals surface area contributed by atoms with E-state index in [1.807, 2.05) is 30.3 Å². The summed E-state index contributed by atoms with van der Waals surface area (Å²) in [5, 5.41) is 0. The van der Waals surface area contributed by atoms with E-state index in [2.05, 4.69) is 11.8 Å². The Kier molecular flexibility index (Phi) is 5.48. The van der Waals surface area contributed by atoms with Crippen LogP contribution in [0.25, 0.3) is 5.57 Å². The van der Waals surface area contributed by atoms with Crippen LogP contribution in [-0.4, -0.2) is 44.0 Å². The zero-order chi connectivity index (χ0) is 21.3. The molecule has 0 spiro atoms. The topological polar surface area (TPSA) is 59.1 Å². The number of carbonyl (C=O) groups is 2. The molecule has 2 aromatic carbocycles. The van der Waals surface area contributed by atoms with Crippen LogP contribution in [0.4, 0.5) is 5.69 Å². The van der Waals surface area contributed by atoms with Crippen molar-refractivity contribution in [2.75, 3.05) is 32.2 Å². The first-order valence-corrected chi connectivity index (χ1v) is 10.2. The summed E-state index contributed by atoms with van der Waals surface area (Å²) in [5.41, 5.74) is 2.13. The molecule has 6 nitrogen and oxygen atoms in total. The summed E-state index contributed by atoms with van der Waals surface area (Å²) in [6.45, 7) is 3.71. The minimum atomic E-state index is -0.324. The maximum atomic E-state index is 13.6. The first kappa shape index (κ1) is 20.0. The number of carbonyl (C=O) groups excluding carboxylic acids is 2. The molecule has 2 amide bonds. The van der Waals surface area contributed by atoms with Crippen molar-refractivity contribution >= 4 is 23.1 Å². The number of ether oxygens (including phenoxy) is 2. The van der Waals surface area contributed by atoms with Crippen molar-refractivity contribution in [3.05, 3.63) is 59.8 Å². The molecular formula is C24H26N2O4. The number of likely N-dealkylation sites (tertiary alicyclic amines) is 1. The Hall–Kier alpha value is -3.28. The van der Waals surface area contributed by atoms with Crippen LogP contribution < -0.4 is 14.4 Å². The van der Waals surface area contributed by atoms with Gasteiger partial charge in [0.05, 0.1) is 25.5 Å². The molecule has 1 fully saturated rings. The maximum Gasteiger partial charge on any atom is 0.282 e. The van der Waals surface area contributed by atoms with E-state index < -0.39 is 0 Å². The number of hydrogen-bond donors (Lipinski definition) is 0. The minimum absolute atomic E-state index is 0.303. The van der Waals surface area contributed by atoms with Crippen LogP contribution in [0.3, 0.4) is 0 Å². The van der Waals surface area contributed by atoms with E-state index in [9.17, 15) is 9.59 Å². The van der Waals surface area contributed by atoms with Crippen molar-refractivity contribution in [1.82, 2.24) is 4.90 Å². The number of piperidine rings is 1. The van der Waals surface area contributed by atoms with Crippen molar-refractivity contribution in [1.29, 1.82) is 0 Å². The van der Waals surface area contributed by atoms with Crippen molar-refractivity contribution in [3.8, 4) is 11.5 Å². The van der Waals surface area contributed by atoms with Gasteiger partial charge in [0.1, 0.15) is 17.2 Å². The molecule has 0 radical (unpaired) electrons. The Morgan fingerprint density at radius 3 is 2.20 bits per heavy atom. The molecule has 0 N–H and O–H groups in total. The predicted octanol–water partition coefficient (Wildman–Crippen LogP) is 3.72. The summed E-state index contributed by atoms with van der Waals surface area (Å²) in [5.74, 6) is 0.882. The summed E-state index contributed by atoms with van der Waals surface area (Å²) < 4.78 is 10.7. The average molecular weight is 406 g/mol. The molecule has 2 aliphatic heterocycles. The van der Waals surface area contributed by atoms with Crippen molar-refractivity contribution < 1.29 is 19.1 Å². The third-order valence-corrected chi connectivity index (χ3v) is 5.69. The highest BCUT2D eigenvalue weighted by atomic mass is 16.5. The Labute approximate surface area is 176 Å². The van der Waals surface area contributed by atoms with Gasteiger partial charge in [-0.2, -0.15) is 0 Å². The second-order valence-electron chi connectivity index (χ2n) is 7.80. The quantitative estimate of drug-likeness (QED) is 0.709. The summed E-state index contributed by atoms with van der Waals surface area (Å²) in [6, 6.07) is 14.5. The van der Waals surface area contributed by atoms with E-state index in [0.717, 1.165) is 31.5 Å². The van der Waals surface area contributed by atoms with Gasteiger partial charge in [0.15, 0.2) is 0 Å². The monoisotopic (exact) mass is 406 g/mol. The number of anilines is 1. The standard InChI is InChI=1S/C24H26N2O4/c1-16-8-7-11-25(15-16)22-21(17-9-5-4-6-10-17)23(27)26(24(22)28)18-12-19(29-2)14-20(13-18)30-3/h4-6,9-10,12-14,16H,7-8,11,15H2,1-3H3. The smallest absolute Gasteiger partial charge is 0.282 e. The number of nitrogens with zero attached hydrogens (tertiary/aromatic N) is 2. The van der Waals surface area contributed by atoms with Crippen LogP contribution >= 0.6 is 0 Å². The number of methoxy groups -OCH3 is 2. The number of amides is 2. The molecule has 4 rings (SSSR count). The largest absolute Gasteiger partial charge is 0.497 e. The van der Waals surface area contributed by atoms with Crippen molar-refractivity contribution in [3.63, 3.8) is 0 Å². The van der Waals surface area contributed by atoms with Gasteiger partial charge in [-0.3, -0.25) is 9.59 Å². The zero-order valence-corrected chi connectivity index (χ0v) is 17.6. The van der Waals surface area contributed by atoms with Gasteiger partial charge in [0.25, 0.3) is 11.8 Å². The maximum absolute atomic E-state index is 13.6. The van der Waals surface area contributed by atoms with Gasteiger partial charge in [0, 0.05) is 31.3 Å². The molecule has 0 saturated carbocycles. The highest BCUT2D eigenvalue weighted by molar-refractivity contribution is 6.45. The second-order valence-corrected chi connectivity index (χ2v) is 7.80. The second kappa shape index (κ2) is 8.22. The molecule has 2 aromatic rings. The Morgan fingerprint density at radius 1 is 0.933 bits per heavy atom. The fourth-order valence-corrected chi connectivity index (χ4v) is 4.23. The number of hydrogen-bond acceptors (Lipinski definition) is 5. The molecule has 0 aromatic heterocycles. The third-order valence-electron chi connectivity index (χ3n) is 5.69. The zero-order valence-electron chi connectivity index (χ0n) is 17.6. The van der Waals surface area contributed by atoms with Crippen LogP contribution in [0.15, 0.2) is 54.2 Å². The molecule has 6 heteroatoms. The Bertz CT molecular complexity index is 977. The van der Waals surface area contributed by atoms with Crippen LogP contribution in [-0.2, 0) is 9.59 Å². The lowest BCUT2D eigenvalue weighted by Crippen LogP contribution is -2.39. The lowest BCUT2D eigenvalue weighted by Gasteiger charge is -2.33. The predicted molar refractivity (Wildman–Crippen MR) is 115 cm³/mol. The van der Waals surface area contributed by atoms with E-state index in [1.54, 1.807) is 32.4 Å². The SMILES string of the molecule is COc1cc(OC)cc(N2C(=O)C(c3ccccc3)=C(N3CCCC(C)C3)C2=O)c1. The molecule has 1 saturated heterocycles. The van der Waals surface area contributed by atoms with E-state index in [4.69, 9.17) is 9.47 Å². The van der Waals surface area contributed by atoms with Gasteiger partial charge in [-0.1, -0.05) is 37.3 Å². The molecule has 0 bridgehead atoms.